The van der Waals surface area contributed by atoms with Crippen molar-refractivity contribution in [3.8, 4) is 5.75 Å². The molecule has 0 aliphatic carbocycles. The van der Waals surface area contributed by atoms with Crippen LogP contribution in [-0.4, -0.2) is 10.0 Å². The molecule has 1 N–H and O–H groups in total. The molecule has 0 aromatic heterocycles. The Morgan fingerprint density at radius 3 is 2.15 bits per heavy atom. The number of rotatable bonds is 4. The van der Waals surface area contributed by atoms with Crippen molar-refractivity contribution in [1.29, 1.82) is 0 Å². The highest BCUT2D eigenvalue weighted by atomic mass is 35.5. The Morgan fingerprint density at radius 1 is 1.10 bits per heavy atom. The Morgan fingerprint density at radius 2 is 1.65 bits per heavy atom. The van der Waals surface area contributed by atoms with Crippen LogP contribution in [0.25, 0.3) is 0 Å². The van der Waals surface area contributed by atoms with Crippen molar-refractivity contribution < 1.29 is 10.0 Å². The second kappa shape index (κ2) is 7.17. The summed E-state index contributed by atoms with van der Waals surface area (Å²) in [7, 11) is 0. The van der Waals surface area contributed by atoms with E-state index in [1.54, 1.807) is 24.3 Å². The van der Waals surface area contributed by atoms with Crippen molar-refractivity contribution in [2.45, 2.75) is 11.7 Å². The summed E-state index contributed by atoms with van der Waals surface area (Å²) in [5, 5.41) is 19.8. The van der Waals surface area contributed by atoms with Crippen molar-refractivity contribution in [3.63, 3.8) is 0 Å². The first kappa shape index (κ1) is 16.3. The molecule has 0 amide bonds. The van der Waals surface area contributed by atoms with Gasteiger partial charge in [0.05, 0.1) is 4.92 Å². The monoisotopic (exact) mass is 311 g/mol. The van der Waals surface area contributed by atoms with Gasteiger partial charge < -0.3 is 5.11 Å². The Bertz CT molecular complexity index is 572. The van der Waals surface area contributed by atoms with Crippen LogP contribution in [0.5, 0.6) is 5.75 Å². The molecule has 2 rings (SSSR count). The van der Waals surface area contributed by atoms with Crippen molar-refractivity contribution in [2.75, 3.05) is 0 Å². The highest BCUT2D eigenvalue weighted by molar-refractivity contribution is 7.80. The van der Waals surface area contributed by atoms with Crippen molar-refractivity contribution in [1.82, 2.24) is 0 Å². The summed E-state index contributed by atoms with van der Waals surface area (Å²) in [6.45, 7) is 0. The molecule has 4 nitrogen and oxygen atoms in total. The normalized spacial score (nSPS) is 11.4. The minimum absolute atomic E-state index is 0. The maximum atomic E-state index is 10.6. The number of nitro benzene ring substituents is 1. The second-order valence-corrected chi connectivity index (χ2v) is 4.86. The molecule has 2 aromatic carbocycles. The van der Waals surface area contributed by atoms with E-state index < -0.39 is 4.92 Å². The quantitative estimate of drug-likeness (QED) is 0.511. The van der Waals surface area contributed by atoms with Gasteiger partial charge in [0.25, 0.3) is 5.69 Å². The van der Waals surface area contributed by atoms with E-state index in [-0.39, 0.29) is 29.1 Å². The molecule has 6 heteroatoms. The zero-order valence-electron chi connectivity index (χ0n) is 10.5. The SMILES string of the molecule is Cl.O=[N+]([O-])c1ccc(CC(S)c2ccc(O)cc2)cc1. The molecule has 0 bridgehead atoms. The Kier molecular flexibility index (Phi) is 5.85. The van der Waals surface area contributed by atoms with E-state index in [1.807, 2.05) is 12.1 Å². The number of phenolic OH excluding ortho intramolecular Hbond substituents is 1. The zero-order valence-corrected chi connectivity index (χ0v) is 12.2. The van der Waals surface area contributed by atoms with Gasteiger partial charge in [0, 0.05) is 17.4 Å². The fourth-order valence-electron chi connectivity index (χ4n) is 1.79. The zero-order chi connectivity index (χ0) is 13.8. The van der Waals surface area contributed by atoms with Gasteiger partial charge in [-0.1, -0.05) is 24.3 Å². The van der Waals surface area contributed by atoms with Crippen LogP contribution in [0.15, 0.2) is 48.5 Å². The van der Waals surface area contributed by atoms with Gasteiger partial charge in [-0.05, 0) is 29.7 Å². The summed E-state index contributed by atoms with van der Waals surface area (Å²) in [6.07, 6.45) is 0.673. The lowest BCUT2D eigenvalue weighted by Crippen LogP contribution is -1.96. The number of hydrogen-bond donors (Lipinski definition) is 2. The third-order valence-electron chi connectivity index (χ3n) is 2.85. The molecule has 2 aromatic rings. The lowest BCUT2D eigenvalue weighted by Gasteiger charge is -2.11. The van der Waals surface area contributed by atoms with Gasteiger partial charge in [0.1, 0.15) is 5.75 Å². The number of halogens is 1. The smallest absolute Gasteiger partial charge is 0.269 e. The van der Waals surface area contributed by atoms with Crippen LogP contribution in [0.2, 0.25) is 0 Å². The molecule has 0 fully saturated rings. The standard InChI is InChI=1S/C14H13NO3S.ClH/c16-13-7-3-11(4-8-13)14(19)9-10-1-5-12(6-2-10)15(17)18;/h1-8,14,16,19H,9H2;1H. The fraction of sp³-hybridized carbons (Fsp3) is 0.143. The van der Waals surface area contributed by atoms with Crippen LogP contribution in [0.4, 0.5) is 5.69 Å². The van der Waals surface area contributed by atoms with Gasteiger partial charge in [0.2, 0.25) is 0 Å². The molecule has 0 heterocycles. The molecule has 20 heavy (non-hydrogen) atoms. The molecular formula is C14H14ClNO3S. The minimum atomic E-state index is -0.415. The number of aromatic hydroxyl groups is 1. The molecule has 106 valence electrons. The van der Waals surface area contributed by atoms with E-state index in [0.29, 0.717) is 6.42 Å². The second-order valence-electron chi connectivity index (χ2n) is 4.24. The van der Waals surface area contributed by atoms with E-state index in [4.69, 9.17) is 0 Å². The van der Waals surface area contributed by atoms with E-state index in [9.17, 15) is 15.2 Å². The first-order chi connectivity index (χ1) is 9.06. The predicted molar refractivity (Wildman–Crippen MR) is 83.9 cm³/mol. The Hall–Kier alpha value is -1.72. The molecular weight excluding hydrogens is 298 g/mol. The van der Waals surface area contributed by atoms with Crippen LogP contribution in [0, 0.1) is 10.1 Å². The largest absolute Gasteiger partial charge is 0.508 e. The van der Waals surface area contributed by atoms with E-state index in [2.05, 4.69) is 12.6 Å². The van der Waals surface area contributed by atoms with E-state index >= 15 is 0 Å². The predicted octanol–water partition coefficient (Wildman–Crippen LogP) is 3.94. The number of phenols is 1. The van der Waals surface area contributed by atoms with Gasteiger partial charge in [-0.25, -0.2) is 0 Å². The number of nitrogens with zero attached hydrogens (tertiary/aromatic N) is 1. The average Bonchev–Trinajstić information content (AvgIpc) is 2.40. The summed E-state index contributed by atoms with van der Waals surface area (Å²) < 4.78 is 0. The highest BCUT2D eigenvalue weighted by Crippen LogP contribution is 2.26. The minimum Gasteiger partial charge on any atom is -0.508 e. The average molecular weight is 312 g/mol. The maximum Gasteiger partial charge on any atom is 0.269 e. The van der Waals surface area contributed by atoms with Gasteiger partial charge >= 0.3 is 0 Å². The van der Waals surface area contributed by atoms with Gasteiger partial charge in [-0.15, -0.1) is 12.4 Å². The van der Waals surface area contributed by atoms with Crippen LogP contribution >= 0.6 is 25.0 Å². The maximum absolute atomic E-state index is 10.6. The molecule has 0 radical (unpaired) electrons. The van der Waals surface area contributed by atoms with Crippen LogP contribution in [-0.2, 0) is 6.42 Å². The number of benzene rings is 2. The number of thiol groups is 1. The summed E-state index contributed by atoms with van der Waals surface area (Å²) in [5.41, 5.74) is 2.07. The van der Waals surface area contributed by atoms with E-state index in [1.165, 1.54) is 12.1 Å². The van der Waals surface area contributed by atoms with Crippen LogP contribution < -0.4 is 0 Å². The van der Waals surface area contributed by atoms with Crippen molar-refractivity contribution >= 4 is 30.7 Å². The number of non-ortho nitro benzene ring substituents is 1. The Labute approximate surface area is 128 Å². The van der Waals surface area contributed by atoms with Crippen molar-refractivity contribution in [3.05, 3.63) is 69.8 Å². The molecule has 0 saturated heterocycles. The lowest BCUT2D eigenvalue weighted by molar-refractivity contribution is -0.384. The fourth-order valence-corrected chi connectivity index (χ4v) is 2.17. The van der Waals surface area contributed by atoms with Crippen LogP contribution in [0.1, 0.15) is 16.4 Å². The number of nitro groups is 1. The topological polar surface area (TPSA) is 63.4 Å². The molecule has 0 spiro atoms. The molecule has 0 saturated carbocycles. The lowest BCUT2D eigenvalue weighted by atomic mass is 10.0. The van der Waals surface area contributed by atoms with Gasteiger partial charge in [-0.3, -0.25) is 10.1 Å². The van der Waals surface area contributed by atoms with E-state index in [0.717, 1.165) is 11.1 Å². The summed E-state index contributed by atoms with van der Waals surface area (Å²) >= 11 is 4.52. The summed E-state index contributed by atoms with van der Waals surface area (Å²) in [4.78, 5) is 10.1. The molecule has 0 aliphatic heterocycles. The summed E-state index contributed by atoms with van der Waals surface area (Å²) in [6, 6.07) is 13.3. The first-order valence-corrected chi connectivity index (χ1v) is 6.28. The highest BCUT2D eigenvalue weighted by Gasteiger charge is 2.09. The van der Waals surface area contributed by atoms with Crippen LogP contribution in [0.3, 0.4) is 0 Å². The summed E-state index contributed by atoms with van der Waals surface area (Å²) in [5.74, 6) is 0.222. The Balaban J connectivity index is 0.00000200. The number of hydrogen-bond acceptors (Lipinski definition) is 4. The van der Waals surface area contributed by atoms with Gasteiger partial charge in [0.15, 0.2) is 0 Å². The molecule has 0 aliphatic rings. The van der Waals surface area contributed by atoms with Gasteiger partial charge in [-0.2, -0.15) is 12.6 Å². The molecule has 1 atom stereocenters. The third-order valence-corrected chi connectivity index (χ3v) is 3.33. The van der Waals surface area contributed by atoms with Crippen molar-refractivity contribution in [2.24, 2.45) is 0 Å². The third kappa shape index (κ3) is 4.15. The molecule has 1 unspecified atom stereocenters. The first-order valence-electron chi connectivity index (χ1n) is 5.76.